The molecule has 0 fully saturated rings. The molecular weight excluding hydrogens is 620 g/mol. The van der Waals surface area contributed by atoms with Crippen molar-refractivity contribution in [1.82, 2.24) is 10.3 Å². The lowest BCUT2D eigenvalue weighted by Crippen LogP contribution is -2.30. The number of amides is 3. The Morgan fingerprint density at radius 2 is 1.57 bits per heavy atom. The van der Waals surface area contributed by atoms with Gasteiger partial charge in [-0.3, -0.25) is 19.4 Å². The third-order valence-corrected chi connectivity index (χ3v) is 8.17. The van der Waals surface area contributed by atoms with Crippen molar-refractivity contribution in [3.05, 3.63) is 155 Å². The smallest absolute Gasteiger partial charge is 0.272 e. The Hall–Kier alpha value is -5.38. The molecule has 5 rings (SSSR count). The summed E-state index contributed by atoms with van der Waals surface area (Å²) >= 11 is 7.61. The van der Waals surface area contributed by atoms with E-state index in [0.29, 0.717) is 33.3 Å². The van der Waals surface area contributed by atoms with E-state index in [9.17, 15) is 14.4 Å². The quantitative estimate of drug-likeness (QED) is 0.100. The highest BCUT2D eigenvalue weighted by Crippen LogP contribution is 2.38. The molecule has 46 heavy (non-hydrogen) atoms. The molecule has 3 amide bonds. The molecule has 10 heteroatoms. The van der Waals surface area contributed by atoms with Crippen molar-refractivity contribution in [3.63, 3.8) is 0 Å². The summed E-state index contributed by atoms with van der Waals surface area (Å²) in [7, 11) is 1.52. The second kappa shape index (κ2) is 15.6. The first kappa shape index (κ1) is 32.0. The summed E-state index contributed by atoms with van der Waals surface area (Å²) < 4.78 is 5.22. The number of carbonyl (C=O) groups excluding carboxylic acids is 3. The molecule has 1 atom stereocenters. The van der Waals surface area contributed by atoms with Crippen LogP contribution in [0.5, 0.6) is 5.75 Å². The van der Waals surface area contributed by atoms with Crippen LogP contribution >= 0.6 is 23.4 Å². The molecule has 0 aliphatic heterocycles. The van der Waals surface area contributed by atoms with Gasteiger partial charge in [-0.05, 0) is 71.8 Å². The normalized spacial score (nSPS) is 11.7. The fourth-order valence-electron chi connectivity index (χ4n) is 4.40. The van der Waals surface area contributed by atoms with Crippen LogP contribution < -0.4 is 20.7 Å². The largest absolute Gasteiger partial charge is 0.495 e. The molecule has 0 spiro atoms. The number of anilines is 2. The predicted octanol–water partition coefficient (Wildman–Crippen LogP) is 7.63. The average Bonchev–Trinajstić information content (AvgIpc) is 3.08. The number of pyridine rings is 1. The number of halogens is 1. The molecule has 0 aliphatic rings. The minimum absolute atomic E-state index is 0.0413. The van der Waals surface area contributed by atoms with Crippen LogP contribution in [-0.4, -0.2) is 29.8 Å². The molecule has 0 saturated carbocycles. The number of methoxy groups -OCH3 is 1. The lowest BCUT2D eigenvalue weighted by molar-refractivity contribution is -0.116. The van der Waals surface area contributed by atoms with Crippen LogP contribution in [0.25, 0.3) is 6.08 Å². The molecule has 1 heterocycles. The first-order chi connectivity index (χ1) is 22.4. The van der Waals surface area contributed by atoms with Gasteiger partial charge in [0.05, 0.1) is 12.1 Å². The first-order valence-corrected chi connectivity index (χ1v) is 15.4. The molecular formula is C36H29ClN4O4S. The van der Waals surface area contributed by atoms with Crippen molar-refractivity contribution in [3.8, 4) is 5.75 Å². The maximum Gasteiger partial charge on any atom is 0.272 e. The number of nitrogens with one attached hydrogen (secondary N) is 3. The zero-order valence-electron chi connectivity index (χ0n) is 24.6. The van der Waals surface area contributed by atoms with Crippen LogP contribution in [0, 0.1) is 0 Å². The van der Waals surface area contributed by atoms with Gasteiger partial charge < -0.3 is 20.7 Å². The number of benzene rings is 4. The van der Waals surface area contributed by atoms with Gasteiger partial charge in [-0.1, -0.05) is 72.3 Å². The van der Waals surface area contributed by atoms with Crippen LogP contribution in [0.3, 0.4) is 0 Å². The van der Waals surface area contributed by atoms with E-state index in [2.05, 4.69) is 20.9 Å². The second-order valence-electron chi connectivity index (χ2n) is 9.89. The van der Waals surface area contributed by atoms with E-state index >= 15 is 0 Å². The van der Waals surface area contributed by atoms with Crippen LogP contribution in [0.15, 0.2) is 138 Å². The zero-order chi connectivity index (χ0) is 32.3. The number of hydrogen-bond donors (Lipinski definition) is 3. The molecule has 5 aromatic rings. The minimum Gasteiger partial charge on any atom is -0.495 e. The number of aromatic nitrogens is 1. The highest BCUT2D eigenvalue weighted by Gasteiger charge is 2.23. The molecule has 0 saturated heterocycles. The van der Waals surface area contributed by atoms with Crippen LogP contribution in [0.2, 0.25) is 5.02 Å². The Morgan fingerprint density at radius 1 is 0.826 bits per heavy atom. The summed E-state index contributed by atoms with van der Waals surface area (Å²) in [6.07, 6.45) is 4.77. The van der Waals surface area contributed by atoms with Gasteiger partial charge in [0, 0.05) is 34.2 Å². The fourth-order valence-corrected chi connectivity index (χ4v) is 5.75. The topological polar surface area (TPSA) is 109 Å². The van der Waals surface area contributed by atoms with E-state index in [1.807, 2.05) is 42.5 Å². The lowest BCUT2D eigenvalue weighted by atomic mass is 10.1. The number of carbonyl (C=O) groups is 3. The summed E-state index contributed by atoms with van der Waals surface area (Å²) in [5.74, 6) is -0.697. The molecule has 1 unspecified atom stereocenters. The summed E-state index contributed by atoms with van der Waals surface area (Å²) in [6, 6.07) is 33.7. The third kappa shape index (κ3) is 8.62. The van der Waals surface area contributed by atoms with Gasteiger partial charge in [-0.25, -0.2) is 0 Å². The molecule has 0 bridgehead atoms. The molecule has 3 N–H and O–H groups in total. The molecule has 0 aliphatic carbocycles. The van der Waals surface area contributed by atoms with Crippen LogP contribution in [0.1, 0.15) is 26.7 Å². The van der Waals surface area contributed by atoms with E-state index in [0.717, 1.165) is 10.5 Å². The Kier molecular flexibility index (Phi) is 10.8. The highest BCUT2D eigenvalue weighted by molar-refractivity contribution is 8.00. The summed E-state index contributed by atoms with van der Waals surface area (Å²) in [5, 5.41) is 8.30. The van der Waals surface area contributed by atoms with Crippen LogP contribution in [0.4, 0.5) is 11.4 Å². The van der Waals surface area contributed by atoms with Crippen molar-refractivity contribution in [1.29, 1.82) is 0 Å². The number of ether oxygens (including phenoxy) is 1. The van der Waals surface area contributed by atoms with E-state index in [-0.39, 0.29) is 11.6 Å². The highest BCUT2D eigenvalue weighted by atomic mass is 35.5. The predicted molar refractivity (Wildman–Crippen MR) is 183 cm³/mol. The van der Waals surface area contributed by atoms with Gasteiger partial charge in [0.15, 0.2) is 0 Å². The second-order valence-corrected chi connectivity index (χ2v) is 11.5. The van der Waals surface area contributed by atoms with E-state index in [1.165, 1.54) is 18.9 Å². The van der Waals surface area contributed by atoms with Crippen molar-refractivity contribution >= 4 is 58.5 Å². The summed E-state index contributed by atoms with van der Waals surface area (Å²) in [6.45, 7) is 0. The molecule has 1 aromatic heterocycles. The van der Waals surface area contributed by atoms with Gasteiger partial charge in [0.25, 0.3) is 11.8 Å². The number of rotatable bonds is 11. The van der Waals surface area contributed by atoms with Gasteiger partial charge in [0.1, 0.15) is 16.7 Å². The maximum atomic E-state index is 13.6. The third-order valence-electron chi connectivity index (χ3n) is 6.63. The fraction of sp³-hybridized carbons (Fsp3) is 0.0556. The lowest BCUT2D eigenvalue weighted by Gasteiger charge is -2.18. The molecule has 230 valence electrons. The van der Waals surface area contributed by atoms with Crippen molar-refractivity contribution in [2.75, 3.05) is 17.7 Å². The Morgan fingerprint density at radius 3 is 2.26 bits per heavy atom. The molecule has 0 radical (unpaired) electrons. The SMILES string of the molecule is COc1ccc(NC(=O)C(Sc2cccc(NC(=O)/C(=C/c3cccnc3)NC(=O)c3ccccc3)c2)c2ccccc2)cc1Cl. The van der Waals surface area contributed by atoms with Gasteiger partial charge in [-0.2, -0.15) is 0 Å². The number of nitrogens with zero attached hydrogens (tertiary/aromatic N) is 1. The Labute approximate surface area is 275 Å². The first-order valence-electron chi connectivity index (χ1n) is 14.1. The molecule has 8 nitrogen and oxygen atoms in total. The van der Waals surface area contributed by atoms with E-state index in [4.69, 9.17) is 16.3 Å². The van der Waals surface area contributed by atoms with E-state index < -0.39 is 17.1 Å². The number of hydrogen-bond acceptors (Lipinski definition) is 6. The minimum atomic E-state index is -0.626. The maximum absolute atomic E-state index is 13.6. The Bertz CT molecular complexity index is 1850. The van der Waals surface area contributed by atoms with Crippen molar-refractivity contribution in [2.45, 2.75) is 10.1 Å². The monoisotopic (exact) mass is 648 g/mol. The summed E-state index contributed by atoms with van der Waals surface area (Å²) in [5.41, 5.74) is 2.90. The zero-order valence-corrected chi connectivity index (χ0v) is 26.2. The van der Waals surface area contributed by atoms with Crippen molar-refractivity contribution < 1.29 is 19.1 Å². The van der Waals surface area contributed by atoms with Crippen LogP contribution in [-0.2, 0) is 9.59 Å². The molecule has 4 aromatic carbocycles. The van der Waals surface area contributed by atoms with Gasteiger partial charge in [-0.15, -0.1) is 11.8 Å². The average molecular weight is 649 g/mol. The van der Waals surface area contributed by atoms with Gasteiger partial charge in [0.2, 0.25) is 5.91 Å². The van der Waals surface area contributed by atoms with E-state index in [1.54, 1.807) is 91.3 Å². The van der Waals surface area contributed by atoms with Gasteiger partial charge >= 0.3 is 0 Å². The standard InChI is InChI=1S/C36H29ClN4O4S/c1-45-32-18-17-28(22-30(32)37)40-36(44)33(25-11-4-2-5-12-25)46-29-16-8-15-27(21-29)39-35(43)31(20-24-10-9-19-38-23-24)41-34(42)26-13-6-3-7-14-26/h2-23,33H,1H3,(H,39,43)(H,40,44)(H,41,42)/b31-20-. The number of thioether (sulfide) groups is 1. The van der Waals surface area contributed by atoms with Crippen molar-refractivity contribution in [2.24, 2.45) is 0 Å². The summed E-state index contributed by atoms with van der Waals surface area (Å²) in [4.78, 5) is 44.9. The Balaban J connectivity index is 1.36.